The van der Waals surface area contributed by atoms with E-state index in [9.17, 15) is 4.79 Å². The van der Waals surface area contributed by atoms with E-state index in [-0.39, 0.29) is 5.91 Å². The Kier molecular flexibility index (Phi) is 4.39. The minimum Gasteiger partial charge on any atom is -0.334 e. The first kappa shape index (κ1) is 17.0. The third kappa shape index (κ3) is 3.06. The van der Waals surface area contributed by atoms with E-state index in [4.69, 9.17) is 0 Å². The van der Waals surface area contributed by atoms with Crippen molar-refractivity contribution in [1.29, 1.82) is 0 Å². The Balaban J connectivity index is 1.61. The Hall–Kier alpha value is -2.43. The van der Waals surface area contributed by atoms with Gasteiger partial charge >= 0.3 is 0 Å². The van der Waals surface area contributed by atoms with E-state index in [0.29, 0.717) is 24.3 Å². The van der Waals surface area contributed by atoms with E-state index in [0.717, 1.165) is 29.1 Å². The molecule has 2 aliphatic carbocycles. The molecule has 2 aromatic rings. The highest BCUT2D eigenvalue weighted by Crippen LogP contribution is 2.43. The van der Waals surface area contributed by atoms with Crippen molar-refractivity contribution in [2.45, 2.75) is 33.2 Å². The van der Waals surface area contributed by atoms with Gasteiger partial charge in [0.1, 0.15) is 0 Å². The topological polar surface area (TPSA) is 51.0 Å². The number of hydrogen-bond donors (Lipinski definition) is 0. The number of hydrogen-bond acceptors (Lipinski definition) is 3. The van der Waals surface area contributed by atoms with Crippen LogP contribution in [-0.4, -0.2) is 32.1 Å². The fraction of sp³-hybridized carbons (Fsp3) is 0.476. The lowest BCUT2D eigenvalue weighted by Gasteiger charge is -2.29. The maximum Gasteiger partial charge on any atom is 0.257 e. The highest BCUT2D eigenvalue weighted by Gasteiger charge is 2.37. The maximum absolute atomic E-state index is 13.4. The molecule has 2 aliphatic rings. The molecule has 2 bridgehead atoms. The smallest absolute Gasteiger partial charge is 0.257 e. The zero-order valence-electron chi connectivity index (χ0n) is 15.7. The molecular weight excluding hydrogens is 324 g/mol. The van der Waals surface area contributed by atoms with Crippen LogP contribution >= 0.6 is 0 Å². The number of rotatable bonds is 5. The zero-order chi connectivity index (χ0) is 18.3. The minimum absolute atomic E-state index is 0.0868. The molecule has 0 radical (unpaired) electrons. The lowest BCUT2D eigenvalue weighted by Crippen LogP contribution is -2.36. The van der Waals surface area contributed by atoms with Gasteiger partial charge in [0.25, 0.3) is 5.91 Å². The molecule has 3 atom stereocenters. The first-order valence-corrected chi connectivity index (χ1v) is 9.39. The summed E-state index contributed by atoms with van der Waals surface area (Å²) in [5.74, 6) is 1.98. The first-order valence-electron chi connectivity index (χ1n) is 9.39. The molecule has 1 amide bonds. The van der Waals surface area contributed by atoms with Gasteiger partial charge in [0.05, 0.1) is 11.3 Å². The molecule has 1 saturated carbocycles. The summed E-state index contributed by atoms with van der Waals surface area (Å²) in [5, 5.41) is 4.44. The van der Waals surface area contributed by atoms with Crippen molar-refractivity contribution in [1.82, 2.24) is 19.7 Å². The molecule has 136 valence electrons. The van der Waals surface area contributed by atoms with Crippen LogP contribution in [0.25, 0.3) is 0 Å². The van der Waals surface area contributed by atoms with Crippen molar-refractivity contribution >= 4 is 5.91 Å². The molecule has 0 saturated heterocycles. The molecule has 26 heavy (non-hydrogen) atoms. The SMILES string of the molecule is Cc1nn(C)c(C)c1C(=O)N(Cc1cccnc1)C[C@@H]1C[C@H]2C=C[C@H]1C2. The second kappa shape index (κ2) is 6.71. The van der Waals surface area contributed by atoms with Crippen LogP contribution in [0.4, 0.5) is 0 Å². The number of carbonyl (C=O) groups is 1. The predicted molar refractivity (Wildman–Crippen MR) is 101 cm³/mol. The average Bonchev–Trinajstić information content (AvgIpc) is 3.30. The van der Waals surface area contributed by atoms with Gasteiger partial charge < -0.3 is 4.90 Å². The van der Waals surface area contributed by atoms with Crippen LogP contribution in [0.5, 0.6) is 0 Å². The summed E-state index contributed by atoms with van der Waals surface area (Å²) in [6.07, 6.45) is 10.8. The van der Waals surface area contributed by atoms with Crippen molar-refractivity contribution in [3.8, 4) is 0 Å². The Morgan fingerprint density at radius 1 is 1.31 bits per heavy atom. The van der Waals surface area contributed by atoms with Crippen LogP contribution in [0, 0.1) is 31.6 Å². The van der Waals surface area contributed by atoms with Crippen molar-refractivity contribution < 1.29 is 4.79 Å². The van der Waals surface area contributed by atoms with E-state index in [2.05, 4.69) is 22.2 Å². The van der Waals surface area contributed by atoms with E-state index in [1.165, 1.54) is 12.8 Å². The molecule has 0 spiro atoms. The fourth-order valence-corrected chi connectivity index (χ4v) is 4.56. The molecule has 1 fully saturated rings. The number of amides is 1. The van der Waals surface area contributed by atoms with Gasteiger partial charge in [-0.1, -0.05) is 18.2 Å². The van der Waals surface area contributed by atoms with Crippen molar-refractivity contribution in [2.75, 3.05) is 6.54 Å². The standard InChI is InChI=1S/C21H26N4O/c1-14-20(15(2)24(3)23-14)21(26)25(12-17-5-4-8-22-11-17)13-19-10-16-6-7-18(19)9-16/h4-8,11,16,18-19H,9-10,12-13H2,1-3H3/t16-,18-,19-/m0/s1. The van der Waals surface area contributed by atoms with Gasteiger partial charge in [-0.3, -0.25) is 14.5 Å². The van der Waals surface area contributed by atoms with Gasteiger partial charge in [-0.15, -0.1) is 0 Å². The van der Waals surface area contributed by atoms with Crippen LogP contribution < -0.4 is 0 Å². The quantitative estimate of drug-likeness (QED) is 0.778. The number of nitrogens with zero attached hydrogens (tertiary/aromatic N) is 4. The molecule has 2 aromatic heterocycles. The molecule has 0 aromatic carbocycles. The van der Waals surface area contributed by atoms with Crippen LogP contribution in [0.3, 0.4) is 0 Å². The lowest BCUT2D eigenvalue weighted by molar-refractivity contribution is 0.0703. The normalized spacial score (nSPS) is 23.6. The third-order valence-electron chi connectivity index (χ3n) is 5.98. The molecule has 5 nitrogen and oxygen atoms in total. The van der Waals surface area contributed by atoms with E-state index >= 15 is 0 Å². The third-order valence-corrected chi connectivity index (χ3v) is 5.98. The van der Waals surface area contributed by atoms with Crippen molar-refractivity contribution in [3.63, 3.8) is 0 Å². The van der Waals surface area contributed by atoms with Crippen LogP contribution in [0.15, 0.2) is 36.7 Å². The van der Waals surface area contributed by atoms with E-state index in [1.54, 1.807) is 10.9 Å². The fourth-order valence-electron chi connectivity index (χ4n) is 4.56. The van der Waals surface area contributed by atoms with Gasteiger partial charge in [-0.2, -0.15) is 5.10 Å². The molecular formula is C21H26N4O. The molecule has 0 unspecified atom stereocenters. The number of aromatic nitrogens is 3. The van der Waals surface area contributed by atoms with Crippen molar-refractivity contribution in [2.24, 2.45) is 24.8 Å². The van der Waals surface area contributed by atoms with Gasteiger partial charge in [0.15, 0.2) is 0 Å². The van der Waals surface area contributed by atoms with Crippen LogP contribution in [-0.2, 0) is 13.6 Å². The summed E-state index contributed by atoms with van der Waals surface area (Å²) in [7, 11) is 1.89. The largest absolute Gasteiger partial charge is 0.334 e. The summed E-state index contributed by atoms with van der Waals surface area (Å²) in [5.41, 5.74) is 3.55. The number of allylic oxidation sites excluding steroid dienone is 2. The number of pyridine rings is 1. The molecule has 0 aliphatic heterocycles. The molecule has 5 heteroatoms. The van der Waals surface area contributed by atoms with Crippen molar-refractivity contribution in [3.05, 3.63) is 59.2 Å². The second-order valence-corrected chi connectivity index (χ2v) is 7.76. The number of aryl methyl sites for hydroxylation is 2. The summed E-state index contributed by atoms with van der Waals surface area (Å²) in [6, 6.07) is 3.97. The van der Waals surface area contributed by atoms with Crippen LogP contribution in [0.1, 0.15) is 40.2 Å². The summed E-state index contributed by atoms with van der Waals surface area (Å²) >= 11 is 0. The number of carbonyl (C=O) groups excluding carboxylic acids is 1. The van der Waals surface area contributed by atoms with E-state index < -0.39 is 0 Å². The Morgan fingerprint density at radius 2 is 2.15 bits per heavy atom. The van der Waals surface area contributed by atoms with Gasteiger partial charge in [-0.05, 0) is 56.1 Å². The van der Waals surface area contributed by atoms with E-state index in [1.807, 2.05) is 44.1 Å². The monoisotopic (exact) mass is 350 g/mol. The average molecular weight is 350 g/mol. The minimum atomic E-state index is 0.0868. The first-order chi connectivity index (χ1) is 12.5. The maximum atomic E-state index is 13.4. The molecule has 4 rings (SSSR count). The highest BCUT2D eigenvalue weighted by molar-refractivity contribution is 5.96. The molecule has 2 heterocycles. The molecule has 0 N–H and O–H groups in total. The highest BCUT2D eigenvalue weighted by atomic mass is 16.2. The predicted octanol–water partition coefficient (Wildman–Crippen LogP) is 3.29. The van der Waals surface area contributed by atoms with Gasteiger partial charge in [-0.25, -0.2) is 0 Å². The van der Waals surface area contributed by atoms with Gasteiger partial charge in [0.2, 0.25) is 0 Å². The lowest BCUT2D eigenvalue weighted by atomic mass is 9.92. The Morgan fingerprint density at radius 3 is 2.73 bits per heavy atom. The second-order valence-electron chi connectivity index (χ2n) is 7.76. The Bertz CT molecular complexity index is 839. The van der Waals surface area contributed by atoms with Gasteiger partial charge in [0, 0.05) is 38.2 Å². The zero-order valence-corrected chi connectivity index (χ0v) is 15.7. The van der Waals surface area contributed by atoms with Crippen LogP contribution in [0.2, 0.25) is 0 Å². The summed E-state index contributed by atoms with van der Waals surface area (Å²) < 4.78 is 1.80. The summed E-state index contributed by atoms with van der Waals surface area (Å²) in [4.78, 5) is 19.7. The Labute approximate surface area is 154 Å². The number of fused-ring (bicyclic) bond motifs is 2. The summed E-state index contributed by atoms with van der Waals surface area (Å²) in [6.45, 7) is 5.28.